The van der Waals surface area contributed by atoms with Crippen molar-refractivity contribution in [2.75, 3.05) is 6.54 Å². The van der Waals surface area contributed by atoms with Gasteiger partial charge in [0, 0.05) is 12.7 Å². The lowest BCUT2D eigenvalue weighted by atomic mass is 10.3. The molecule has 3 aromatic rings. The lowest BCUT2D eigenvalue weighted by Crippen LogP contribution is -2.27. The van der Waals surface area contributed by atoms with E-state index in [1.807, 2.05) is 0 Å². The largest absolute Gasteiger partial charge is 0.478 e. The van der Waals surface area contributed by atoms with Crippen molar-refractivity contribution < 1.29 is 27.9 Å². The van der Waals surface area contributed by atoms with Gasteiger partial charge in [0.2, 0.25) is 0 Å². The summed E-state index contributed by atoms with van der Waals surface area (Å²) in [4.78, 5) is 34.9. The number of amides is 1. The van der Waals surface area contributed by atoms with E-state index in [-0.39, 0.29) is 16.0 Å². The Hall–Kier alpha value is -2.95. The van der Waals surface area contributed by atoms with Crippen LogP contribution in [0.5, 0.6) is 0 Å². The maximum Gasteiger partial charge on any atom is 0.390 e. The third kappa shape index (κ3) is 3.82. The fourth-order valence-corrected chi connectivity index (χ4v) is 3.05. The first-order valence-corrected chi connectivity index (χ1v) is 8.09. The highest BCUT2D eigenvalue weighted by Crippen LogP contribution is 2.28. The Morgan fingerprint density at radius 2 is 2.08 bits per heavy atom. The first kappa shape index (κ1) is 17.9. The number of halogens is 3. The monoisotopic (exact) mass is 384 g/mol. The van der Waals surface area contributed by atoms with Crippen LogP contribution in [0.2, 0.25) is 0 Å². The number of fused-ring (bicyclic) bond motifs is 1. The van der Waals surface area contributed by atoms with Gasteiger partial charge in [0.25, 0.3) is 5.91 Å². The Morgan fingerprint density at radius 3 is 2.77 bits per heavy atom. The van der Waals surface area contributed by atoms with E-state index in [1.165, 1.54) is 18.5 Å². The number of carboxylic acids is 1. The van der Waals surface area contributed by atoms with Crippen LogP contribution in [0.15, 0.2) is 24.5 Å². The average Bonchev–Trinajstić information content (AvgIpc) is 3.20. The summed E-state index contributed by atoms with van der Waals surface area (Å²) in [5.41, 5.74) is 0.822. The Morgan fingerprint density at radius 1 is 1.31 bits per heavy atom. The molecule has 0 bridgehead atoms. The molecule has 0 spiro atoms. The van der Waals surface area contributed by atoms with E-state index in [4.69, 9.17) is 5.11 Å². The highest BCUT2D eigenvalue weighted by Gasteiger charge is 2.26. The molecule has 136 valence electrons. The molecule has 0 atom stereocenters. The highest BCUT2D eigenvalue weighted by molar-refractivity contribution is 7.17. The number of carbonyl (C=O) groups excluding carboxylic acids is 1. The zero-order valence-electron chi connectivity index (χ0n) is 12.9. The predicted octanol–water partition coefficient (Wildman–Crippen LogP) is 3.07. The van der Waals surface area contributed by atoms with Crippen LogP contribution in [-0.2, 0) is 0 Å². The summed E-state index contributed by atoms with van der Waals surface area (Å²) in [6.07, 6.45) is -2.74. The molecule has 7 nitrogen and oxygen atoms in total. The van der Waals surface area contributed by atoms with E-state index in [1.54, 1.807) is 6.07 Å². The van der Waals surface area contributed by atoms with E-state index in [0.29, 0.717) is 16.2 Å². The van der Waals surface area contributed by atoms with Gasteiger partial charge in [0.15, 0.2) is 5.65 Å². The number of hydrogen-bond acceptors (Lipinski definition) is 5. The van der Waals surface area contributed by atoms with Crippen LogP contribution in [-0.4, -0.2) is 44.7 Å². The molecule has 0 radical (unpaired) electrons. The Labute approximate surface area is 147 Å². The normalized spacial score (nSPS) is 11.7. The van der Waals surface area contributed by atoms with Crippen LogP contribution < -0.4 is 5.32 Å². The summed E-state index contributed by atoms with van der Waals surface area (Å²) in [5, 5.41) is 11.3. The molecule has 0 aliphatic heterocycles. The van der Waals surface area contributed by atoms with Gasteiger partial charge in [-0.05, 0) is 12.1 Å². The Bertz CT molecular complexity index is 980. The lowest BCUT2D eigenvalue weighted by molar-refractivity contribution is -0.132. The molecule has 3 aromatic heterocycles. The molecule has 26 heavy (non-hydrogen) atoms. The van der Waals surface area contributed by atoms with Crippen molar-refractivity contribution in [1.29, 1.82) is 0 Å². The lowest BCUT2D eigenvalue weighted by Gasteiger charge is -2.06. The standard InChI is InChI=1S/C15H11F3N4O3S/c16-15(17,18)3-4-19-13(23)10-2-1-9(26-10)8-6-21-12-11(22-8)7(5-20-12)14(24)25/h1-2,5-6H,3-4H2,(H,19,23)(H,20,21)(H,24,25). The molecular weight excluding hydrogens is 373 g/mol. The van der Waals surface area contributed by atoms with Crippen molar-refractivity contribution in [2.45, 2.75) is 12.6 Å². The summed E-state index contributed by atoms with van der Waals surface area (Å²) in [5.74, 6) is -1.77. The Kier molecular flexibility index (Phi) is 4.64. The van der Waals surface area contributed by atoms with Crippen molar-refractivity contribution in [1.82, 2.24) is 20.3 Å². The number of nitrogens with zero attached hydrogens (tertiary/aromatic N) is 2. The molecule has 0 aromatic carbocycles. The molecule has 1 amide bonds. The van der Waals surface area contributed by atoms with Crippen molar-refractivity contribution in [2.24, 2.45) is 0 Å². The second-order valence-corrected chi connectivity index (χ2v) is 6.33. The summed E-state index contributed by atoms with van der Waals surface area (Å²) in [6, 6.07) is 3.04. The molecule has 0 saturated carbocycles. The van der Waals surface area contributed by atoms with Crippen LogP contribution in [0.1, 0.15) is 26.5 Å². The van der Waals surface area contributed by atoms with Gasteiger partial charge >= 0.3 is 12.1 Å². The second-order valence-electron chi connectivity index (χ2n) is 5.24. The Balaban J connectivity index is 1.79. The van der Waals surface area contributed by atoms with E-state index in [9.17, 15) is 22.8 Å². The van der Waals surface area contributed by atoms with Crippen LogP contribution in [0, 0.1) is 0 Å². The summed E-state index contributed by atoms with van der Waals surface area (Å²) in [6.45, 7) is -0.507. The van der Waals surface area contributed by atoms with Gasteiger partial charge in [-0.1, -0.05) is 0 Å². The number of thiophene rings is 1. The zero-order valence-corrected chi connectivity index (χ0v) is 13.7. The molecule has 3 heterocycles. The third-order valence-corrected chi connectivity index (χ3v) is 4.49. The van der Waals surface area contributed by atoms with Gasteiger partial charge in [0.1, 0.15) is 11.1 Å². The summed E-state index contributed by atoms with van der Waals surface area (Å²) < 4.78 is 36.3. The first-order valence-electron chi connectivity index (χ1n) is 7.27. The van der Waals surface area contributed by atoms with Gasteiger partial charge in [-0.2, -0.15) is 13.2 Å². The van der Waals surface area contributed by atoms with E-state index in [0.717, 1.165) is 11.3 Å². The smallest absolute Gasteiger partial charge is 0.390 e. The number of H-pyrrole nitrogens is 1. The quantitative estimate of drug-likeness (QED) is 0.627. The van der Waals surface area contributed by atoms with Gasteiger partial charge in [-0.3, -0.25) is 4.79 Å². The molecule has 11 heteroatoms. The van der Waals surface area contributed by atoms with Crippen molar-refractivity contribution >= 4 is 34.4 Å². The number of carbonyl (C=O) groups is 2. The van der Waals surface area contributed by atoms with Crippen molar-refractivity contribution in [3.63, 3.8) is 0 Å². The highest BCUT2D eigenvalue weighted by atomic mass is 32.1. The molecule has 0 aliphatic rings. The minimum absolute atomic E-state index is 0.0315. The minimum Gasteiger partial charge on any atom is -0.478 e. The minimum atomic E-state index is -4.34. The maximum absolute atomic E-state index is 12.1. The van der Waals surface area contributed by atoms with E-state index >= 15 is 0 Å². The van der Waals surface area contributed by atoms with Crippen molar-refractivity contribution in [3.05, 3.63) is 35.0 Å². The third-order valence-electron chi connectivity index (χ3n) is 3.39. The molecule has 3 N–H and O–H groups in total. The number of aromatic nitrogens is 3. The number of alkyl halides is 3. The molecule has 0 saturated heterocycles. The number of aromatic carboxylic acids is 1. The van der Waals surface area contributed by atoms with Gasteiger partial charge < -0.3 is 15.4 Å². The molecule has 0 aliphatic carbocycles. The summed E-state index contributed by atoms with van der Waals surface area (Å²) >= 11 is 1.02. The zero-order chi connectivity index (χ0) is 18.9. The molecule has 0 unspecified atom stereocenters. The number of rotatable bonds is 5. The van der Waals surface area contributed by atoms with Gasteiger partial charge in [0.05, 0.1) is 28.1 Å². The fraction of sp³-hybridized carbons (Fsp3) is 0.200. The van der Waals surface area contributed by atoms with E-state index < -0.39 is 31.0 Å². The fourth-order valence-electron chi connectivity index (χ4n) is 2.18. The maximum atomic E-state index is 12.1. The number of carboxylic acid groups (broad SMARTS) is 1. The van der Waals surface area contributed by atoms with Crippen molar-refractivity contribution in [3.8, 4) is 10.6 Å². The SMILES string of the molecule is O=C(NCCC(F)(F)F)c1ccc(-c2cnc3[nH]cc(C(=O)O)c3n2)s1. The van der Waals surface area contributed by atoms with Crippen LogP contribution in [0.3, 0.4) is 0 Å². The average molecular weight is 384 g/mol. The second kappa shape index (κ2) is 6.75. The number of hydrogen-bond donors (Lipinski definition) is 3. The molecule has 0 fully saturated rings. The molecule has 3 rings (SSSR count). The van der Waals surface area contributed by atoms with E-state index in [2.05, 4.69) is 20.3 Å². The topological polar surface area (TPSA) is 108 Å². The number of nitrogens with one attached hydrogen (secondary N) is 2. The van der Waals surface area contributed by atoms with Gasteiger partial charge in [-0.25, -0.2) is 14.8 Å². The number of aromatic amines is 1. The van der Waals surface area contributed by atoms with Crippen LogP contribution in [0.4, 0.5) is 13.2 Å². The molecular formula is C15H11F3N4O3S. The van der Waals surface area contributed by atoms with Crippen LogP contribution in [0.25, 0.3) is 21.7 Å². The first-order chi connectivity index (χ1) is 12.2. The summed E-state index contributed by atoms with van der Waals surface area (Å²) in [7, 11) is 0. The van der Waals surface area contributed by atoms with Crippen LogP contribution >= 0.6 is 11.3 Å². The van der Waals surface area contributed by atoms with Gasteiger partial charge in [-0.15, -0.1) is 11.3 Å². The predicted molar refractivity (Wildman–Crippen MR) is 87.2 cm³/mol.